The van der Waals surface area contributed by atoms with E-state index in [4.69, 9.17) is 14.5 Å². The minimum Gasteiger partial charge on any atom is -0.458 e. The minimum atomic E-state index is -1.81. The van der Waals surface area contributed by atoms with Crippen LogP contribution in [-0.4, -0.2) is 87.1 Å². The summed E-state index contributed by atoms with van der Waals surface area (Å²) in [6.45, 7) is 7.23. The van der Waals surface area contributed by atoms with Gasteiger partial charge in [-0.05, 0) is 111 Å². The molecule has 0 saturated carbocycles. The van der Waals surface area contributed by atoms with Gasteiger partial charge in [-0.1, -0.05) is 98.9 Å². The third-order valence-electron chi connectivity index (χ3n) is 12.5. The van der Waals surface area contributed by atoms with E-state index < -0.39 is 23.7 Å². The number of ether oxygens (including phenoxy) is 2. The molecule has 66 heavy (non-hydrogen) atoms. The average molecular weight is 894 g/mol. The lowest BCUT2D eigenvalue weighted by Crippen LogP contribution is -2.51. The highest BCUT2D eigenvalue weighted by Crippen LogP contribution is 2.47. The van der Waals surface area contributed by atoms with Gasteiger partial charge >= 0.3 is 12.1 Å². The number of amides is 3. The van der Waals surface area contributed by atoms with Crippen molar-refractivity contribution in [3.63, 3.8) is 0 Å². The number of aliphatic hydroxyl groups is 1. The van der Waals surface area contributed by atoms with Gasteiger partial charge in [-0.15, -0.1) is 0 Å². The summed E-state index contributed by atoms with van der Waals surface area (Å²) in [6.07, 6.45) is 33.0. The monoisotopic (exact) mass is 893 g/mol. The molecular formula is C54H63N5O7. The molecule has 7 rings (SSSR count). The summed E-state index contributed by atoms with van der Waals surface area (Å²) in [5.41, 5.74) is 3.18. The maximum atomic E-state index is 13.6. The van der Waals surface area contributed by atoms with Crippen LogP contribution in [0.25, 0.3) is 10.9 Å². The number of carbonyl (C=O) groups excluding carboxylic acids is 4. The number of anilines is 1. The van der Waals surface area contributed by atoms with Gasteiger partial charge in [0.05, 0.1) is 22.8 Å². The highest BCUT2D eigenvalue weighted by Gasteiger charge is 2.52. The second-order valence-electron chi connectivity index (χ2n) is 17.1. The molecule has 5 heterocycles. The van der Waals surface area contributed by atoms with Crippen molar-refractivity contribution < 1.29 is 33.8 Å². The van der Waals surface area contributed by atoms with Crippen molar-refractivity contribution in [2.45, 2.75) is 103 Å². The molecular weight excluding hydrogens is 831 g/mol. The Labute approximate surface area is 388 Å². The number of hydrogen-bond acceptors (Lipinski definition) is 9. The first-order chi connectivity index (χ1) is 32.2. The standard InChI is InChI=1S/C54H63N5O7/c1-3-5-6-7-8-9-10-11-12-13-14-15-16-17-18-19-20-21-22-23-49(60)55-43-26-24-40(25-27-43)37-57-30-32-58(33-31-57)53(63)66-44-28-29-47-41(35-44)34-42-38-59-48(50(42)56-47)36-46-45(51(59)61)39-65-52(62)54(46,64)4-2/h5-6,8-9,11-12,14-15,17-18,20-21,24-29,34-35,48,64H,3-4,7,10,13,16,19,22-23,30-33,36-39H2,1-2H3,(H,55,60)/b6-5+,9-8+,12-11+,15-14+,18-17+,21-20+/t48?,54-/m0/s1. The van der Waals surface area contributed by atoms with Crippen molar-refractivity contribution in [3.05, 3.63) is 149 Å². The van der Waals surface area contributed by atoms with Crippen molar-refractivity contribution in [1.82, 2.24) is 19.7 Å². The molecule has 1 saturated heterocycles. The summed E-state index contributed by atoms with van der Waals surface area (Å²) in [7, 11) is 0. The molecule has 2 atom stereocenters. The Morgan fingerprint density at radius 2 is 1.47 bits per heavy atom. The van der Waals surface area contributed by atoms with Gasteiger partial charge in [0.2, 0.25) is 5.91 Å². The summed E-state index contributed by atoms with van der Waals surface area (Å²) >= 11 is 0. The first-order valence-electron chi connectivity index (χ1n) is 23.5. The molecule has 1 fully saturated rings. The van der Waals surface area contributed by atoms with Crippen LogP contribution in [0, 0.1) is 0 Å². The van der Waals surface area contributed by atoms with Crippen LogP contribution in [0.2, 0.25) is 0 Å². The molecule has 3 amide bonds. The van der Waals surface area contributed by atoms with Gasteiger partial charge in [0.15, 0.2) is 5.60 Å². The van der Waals surface area contributed by atoms with Crippen LogP contribution in [-0.2, 0) is 32.2 Å². The van der Waals surface area contributed by atoms with Crippen LogP contribution >= 0.6 is 0 Å². The summed E-state index contributed by atoms with van der Waals surface area (Å²) in [5, 5.41) is 15.0. The lowest BCUT2D eigenvalue weighted by atomic mass is 9.79. The Morgan fingerprint density at radius 3 is 2.11 bits per heavy atom. The fraction of sp³-hybridized carbons (Fsp3) is 0.389. The Morgan fingerprint density at radius 1 is 0.833 bits per heavy atom. The number of hydrogen-bond donors (Lipinski definition) is 2. The molecule has 12 nitrogen and oxygen atoms in total. The number of nitrogens with zero attached hydrogens (tertiary/aromatic N) is 4. The lowest BCUT2D eigenvalue weighted by Gasteiger charge is -2.41. The van der Waals surface area contributed by atoms with E-state index in [9.17, 15) is 24.3 Å². The average Bonchev–Trinajstić information content (AvgIpc) is 3.68. The summed E-state index contributed by atoms with van der Waals surface area (Å²) in [6, 6.07) is 14.8. The number of pyridine rings is 1. The molecule has 0 spiro atoms. The number of benzene rings is 2. The fourth-order valence-electron chi connectivity index (χ4n) is 8.76. The molecule has 0 radical (unpaired) electrons. The first-order valence-corrected chi connectivity index (χ1v) is 23.5. The van der Waals surface area contributed by atoms with E-state index in [0.717, 1.165) is 73.0 Å². The largest absolute Gasteiger partial charge is 0.458 e. The number of fused-ring (bicyclic) bond motifs is 4. The lowest BCUT2D eigenvalue weighted by molar-refractivity contribution is -0.165. The molecule has 0 bridgehead atoms. The molecule has 3 aromatic rings. The SMILES string of the molecule is CC/C=C/C/C=C/C/C=C/C/C=C/C/C=C/C/C=C/CCC(=O)Nc1ccc(CN2CCN(C(=O)Oc3ccc4nc5c(cc4c3)CN3C(=O)C4=C(CC53)[C@@](O)(CC)C(=O)OC4)CC2)cc1. The van der Waals surface area contributed by atoms with Gasteiger partial charge in [0, 0.05) is 56.8 Å². The van der Waals surface area contributed by atoms with Crippen molar-refractivity contribution >= 4 is 40.5 Å². The van der Waals surface area contributed by atoms with E-state index in [0.29, 0.717) is 74.4 Å². The van der Waals surface area contributed by atoms with E-state index in [2.05, 4.69) is 90.1 Å². The third-order valence-corrected chi connectivity index (χ3v) is 12.5. The molecule has 4 aliphatic heterocycles. The maximum Gasteiger partial charge on any atom is 0.415 e. The number of cyclic esters (lactones) is 1. The van der Waals surface area contributed by atoms with E-state index >= 15 is 0 Å². The highest BCUT2D eigenvalue weighted by atomic mass is 16.6. The predicted octanol–water partition coefficient (Wildman–Crippen LogP) is 9.75. The molecule has 0 aliphatic carbocycles. The van der Waals surface area contributed by atoms with Crippen molar-refractivity contribution in [2.24, 2.45) is 0 Å². The normalized spacial score (nSPS) is 20.2. The molecule has 4 aliphatic rings. The Kier molecular flexibility index (Phi) is 16.7. The molecule has 2 aromatic carbocycles. The Bertz CT molecular complexity index is 2440. The van der Waals surface area contributed by atoms with Gasteiger partial charge in [0.25, 0.3) is 5.91 Å². The third kappa shape index (κ3) is 12.1. The van der Waals surface area contributed by atoms with E-state index in [1.54, 1.807) is 34.9 Å². The number of carbonyl (C=O) groups is 4. The predicted molar refractivity (Wildman–Crippen MR) is 258 cm³/mol. The number of allylic oxidation sites excluding steroid dienone is 12. The smallest absolute Gasteiger partial charge is 0.415 e. The number of nitrogens with one attached hydrogen (secondary N) is 1. The topological polar surface area (TPSA) is 142 Å². The van der Waals surface area contributed by atoms with Crippen molar-refractivity contribution in [3.8, 4) is 5.75 Å². The molecule has 346 valence electrons. The second-order valence-corrected chi connectivity index (χ2v) is 17.1. The van der Waals surface area contributed by atoms with Gasteiger partial charge in [-0.2, -0.15) is 0 Å². The summed E-state index contributed by atoms with van der Waals surface area (Å²) < 4.78 is 11.0. The number of rotatable bonds is 19. The first kappa shape index (κ1) is 47.6. The zero-order valence-electron chi connectivity index (χ0n) is 38.3. The van der Waals surface area contributed by atoms with Crippen LogP contribution in [0.4, 0.5) is 10.5 Å². The zero-order chi connectivity index (χ0) is 46.3. The van der Waals surface area contributed by atoms with Crippen molar-refractivity contribution in [1.29, 1.82) is 0 Å². The second kappa shape index (κ2) is 23.2. The van der Waals surface area contributed by atoms with Gasteiger partial charge in [-0.3, -0.25) is 19.5 Å². The van der Waals surface area contributed by atoms with Crippen LogP contribution in [0.1, 0.15) is 101 Å². The van der Waals surface area contributed by atoms with Gasteiger partial charge in [0.1, 0.15) is 12.4 Å². The van der Waals surface area contributed by atoms with E-state index in [1.807, 2.05) is 30.3 Å². The molecule has 1 unspecified atom stereocenters. The Balaban J connectivity index is 0.778. The van der Waals surface area contributed by atoms with Crippen LogP contribution in [0.5, 0.6) is 5.75 Å². The fourth-order valence-corrected chi connectivity index (χ4v) is 8.76. The minimum absolute atomic E-state index is 0.0121. The maximum absolute atomic E-state index is 13.6. The van der Waals surface area contributed by atoms with Gasteiger partial charge in [-0.25, -0.2) is 9.59 Å². The van der Waals surface area contributed by atoms with E-state index in [1.165, 1.54) is 0 Å². The summed E-state index contributed by atoms with van der Waals surface area (Å²) in [4.78, 5) is 62.6. The molecule has 2 N–H and O–H groups in total. The highest BCUT2D eigenvalue weighted by molar-refractivity contribution is 6.01. The summed E-state index contributed by atoms with van der Waals surface area (Å²) in [5.74, 6) is -0.569. The molecule has 12 heteroatoms. The van der Waals surface area contributed by atoms with E-state index in [-0.39, 0.29) is 24.8 Å². The van der Waals surface area contributed by atoms with Gasteiger partial charge < -0.3 is 29.7 Å². The number of piperazine rings is 1. The van der Waals surface area contributed by atoms with Crippen molar-refractivity contribution in [2.75, 3.05) is 38.1 Å². The molecule has 1 aromatic heterocycles. The van der Waals surface area contributed by atoms with Crippen LogP contribution in [0.3, 0.4) is 0 Å². The zero-order valence-corrected chi connectivity index (χ0v) is 38.3. The van der Waals surface area contributed by atoms with Crippen LogP contribution < -0.4 is 10.1 Å². The number of aromatic nitrogens is 1. The Hall–Kier alpha value is -6.37. The quantitative estimate of drug-likeness (QED) is 0.0889. The van der Waals surface area contributed by atoms with Crippen LogP contribution in [0.15, 0.2) is 133 Å². The number of esters is 1.